The number of aliphatic imine (C=N–C) groups is 1. The summed E-state index contributed by atoms with van der Waals surface area (Å²) in [5.74, 6) is 0.881. The van der Waals surface area contributed by atoms with E-state index in [-0.39, 0.29) is 17.3 Å². The monoisotopic (exact) mass is 461 g/mol. The number of fused-ring (bicyclic) bond motifs is 1. The Labute approximate surface area is 197 Å². The third kappa shape index (κ3) is 3.82. The molecule has 1 aliphatic carbocycles. The summed E-state index contributed by atoms with van der Waals surface area (Å²) in [7, 11) is 1.66. The molecule has 0 atom stereocenters. The molecule has 170 valence electrons. The molecule has 0 saturated heterocycles. The standard InChI is InChI=1S/C25H27N5O2S/c1-15-13-18(16(2)29(15)20-11-7-8-12-21(20)32-3)14-19-22(26)30-25(27-23(19)31)33-24(28-30)17-9-5-4-6-10-17/h7-8,11-14,17,26H,4-6,9-10H2,1-3H3. The van der Waals surface area contributed by atoms with Crippen LogP contribution in [0.15, 0.2) is 46.0 Å². The Bertz CT molecular complexity index is 1230. The molecule has 2 aliphatic heterocycles. The Kier molecular flexibility index (Phi) is 5.70. The Balaban J connectivity index is 1.49. The molecule has 0 spiro atoms. The number of nitrogens with zero attached hydrogens (tertiary/aromatic N) is 4. The summed E-state index contributed by atoms with van der Waals surface area (Å²) in [4.78, 5) is 17.2. The molecule has 3 aliphatic rings. The Morgan fingerprint density at radius 3 is 2.70 bits per heavy atom. The maximum Gasteiger partial charge on any atom is 0.283 e. The van der Waals surface area contributed by atoms with Gasteiger partial charge in [-0.25, -0.2) is 0 Å². The predicted octanol–water partition coefficient (Wildman–Crippen LogP) is 5.30. The summed E-state index contributed by atoms with van der Waals surface area (Å²) >= 11 is 1.45. The van der Waals surface area contributed by atoms with Crippen molar-refractivity contribution in [1.29, 1.82) is 5.41 Å². The first kappa shape index (κ1) is 21.7. The molecule has 1 N–H and O–H groups in total. The zero-order chi connectivity index (χ0) is 23.1. The van der Waals surface area contributed by atoms with Crippen molar-refractivity contribution in [1.82, 2.24) is 9.58 Å². The highest BCUT2D eigenvalue weighted by molar-refractivity contribution is 8.27. The second-order valence-corrected chi connectivity index (χ2v) is 9.61. The van der Waals surface area contributed by atoms with Gasteiger partial charge < -0.3 is 9.30 Å². The summed E-state index contributed by atoms with van der Waals surface area (Å²) in [5.41, 5.74) is 4.03. The SMILES string of the molecule is COc1ccccc1-n1c(C)cc(C=C2C(=N)N3N=C(C4CCCCC4)SC3=NC2=O)c1C. The first-order valence-corrected chi connectivity index (χ1v) is 12.1. The number of nitrogens with one attached hydrogen (secondary N) is 1. The van der Waals surface area contributed by atoms with E-state index in [2.05, 4.69) is 9.56 Å². The fraction of sp³-hybridized carbons (Fsp3) is 0.360. The van der Waals surface area contributed by atoms with E-state index in [1.807, 2.05) is 44.2 Å². The van der Waals surface area contributed by atoms with Crippen molar-refractivity contribution in [3.8, 4) is 11.4 Å². The number of carbonyl (C=O) groups excluding carboxylic acids is 1. The molecule has 1 aromatic carbocycles. The van der Waals surface area contributed by atoms with E-state index < -0.39 is 0 Å². The zero-order valence-electron chi connectivity index (χ0n) is 19.1. The molecule has 7 nitrogen and oxygen atoms in total. The molecule has 1 aromatic heterocycles. The third-order valence-electron chi connectivity index (χ3n) is 6.52. The molecule has 1 fully saturated rings. The van der Waals surface area contributed by atoms with Crippen LogP contribution in [0.1, 0.15) is 49.1 Å². The topological polar surface area (TPSA) is 83.0 Å². The molecule has 5 rings (SSSR count). The molecule has 33 heavy (non-hydrogen) atoms. The van der Waals surface area contributed by atoms with Crippen molar-refractivity contribution in [3.63, 3.8) is 0 Å². The minimum absolute atomic E-state index is 0.0883. The van der Waals surface area contributed by atoms with Gasteiger partial charge in [0.15, 0.2) is 5.84 Å². The van der Waals surface area contributed by atoms with Crippen LogP contribution in [0.4, 0.5) is 0 Å². The second kappa shape index (κ2) is 8.67. The first-order chi connectivity index (χ1) is 16.0. The van der Waals surface area contributed by atoms with Crippen molar-refractivity contribution in [2.75, 3.05) is 7.11 Å². The minimum Gasteiger partial charge on any atom is -0.495 e. The van der Waals surface area contributed by atoms with Gasteiger partial charge in [0, 0.05) is 17.3 Å². The number of amidine groups is 2. The van der Waals surface area contributed by atoms with Crippen LogP contribution in [-0.4, -0.2) is 38.6 Å². The summed E-state index contributed by atoms with van der Waals surface area (Å²) < 4.78 is 7.64. The molecule has 1 amide bonds. The van der Waals surface area contributed by atoms with Gasteiger partial charge in [-0.1, -0.05) is 31.4 Å². The predicted molar refractivity (Wildman–Crippen MR) is 133 cm³/mol. The van der Waals surface area contributed by atoms with Gasteiger partial charge in [0.25, 0.3) is 5.91 Å². The number of para-hydroxylation sites is 2. The number of hydrazone groups is 1. The number of amides is 1. The van der Waals surface area contributed by atoms with E-state index in [1.165, 1.54) is 36.0 Å². The number of carbonyl (C=O) groups is 1. The fourth-order valence-corrected chi connectivity index (χ4v) is 5.85. The van der Waals surface area contributed by atoms with E-state index >= 15 is 0 Å². The number of benzene rings is 1. The normalized spacial score (nSPS) is 20.2. The van der Waals surface area contributed by atoms with Crippen molar-refractivity contribution in [3.05, 3.63) is 52.9 Å². The zero-order valence-corrected chi connectivity index (χ0v) is 19.9. The Hall–Kier alpha value is -3.13. The van der Waals surface area contributed by atoms with Crippen molar-refractivity contribution in [2.24, 2.45) is 16.0 Å². The van der Waals surface area contributed by atoms with Gasteiger partial charge in [-0.3, -0.25) is 10.2 Å². The van der Waals surface area contributed by atoms with E-state index in [1.54, 1.807) is 13.2 Å². The van der Waals surface area contributed by atoms with Gasteiger partial charge >= 0.3 is 0 Å². The van der Waals surface area contributed by atoms with Gasteiger partial charge in [0.05, 0.1) is 18.4 Å². The maximum absolute atomic E-state index is 12.9. The number of rotatable bonds is 4. The highest BCUT2D eigenvalue weighted by Crippen LogP contribution is 2.36. The van der Waals surface area contributed by atoms with E-state index in [4.69, 9.17) is 15.2 Å². The molecular weight excluding hydrogens is 434 g/mol. The average Bonchev–Trinajstić information content (AvgIpc) is 3.37. The largest absolute Gasteiger partial charge is 0.495 e. The van der Waals surface area contributed by atoms with Crippen LogP contribution in [0, 0.1) is 25.2 Å². The summed E-state index contributed by atoms with van der Waals surface area (Å²) in [6.45, 7) is 4.02. The molecule has 1 saturated carbocycles. The van der Waals surface area contributed by atoms with Crippen LogP contribution in [0.2, 0.25) is 0 Å². The maximum atomic E-state index is 12.9. The highest BCUT2D eigenvalue weighted by Gasteiger charge is 2.38. The molecule has 8 heteroatoms. The number of hydrogen-bond donors (Lipinski definition) is 1. The highest BCUT2D eigenvalue weighted by atomic mass is 32.2. The van der Waals surface area contributed by atoms with E-state index in [0.29, 0.717) is 11.1 Å². The lowest BCUT2D eigenvalue weighted by Gasteiger charge is -2.20. The van der Waals surface area contributed by atoms with Crippen LogP contribution >= 0.6 is 11.8 Å². The average molecular weight is 462 g/mol. The van der Waals surface area contributed by atoms with Crippen molar-refractivity contribution < 1.29 is 9.53 Å². The lowest BCUT2D eigenvalue weighted by molar-refractivity contribution is -0.114. The van der Waals surface area contributed by atoms with Gasteiger partial charge in [-0.15, -0.1) is 0 Å². The van der Waals surface area contributed by atoms with E-state index in [9.17, 15) is 4.79 Å². The minimum atomic E-state index is -0.388. The van der Waals surface area contributed by atoms with Gasteiger partial charge in [0.2, 0.25) is 5.17 Å². The molecule has 0 radical (unpaired) electrons. The number of hydrogen-bond acceptors (Lipinski definition) is 5. The number of aromatic nitrogens is 1. The fourth-order valence-electron chi connectivity index (χ4n) is 4.80. The summed E-state index contributed by atoms with van der Waals surface area (Å²) in [6, 6.07) is 9.86. The van der Waals surface area contributed by atoms with Gasteiger partial charge in [-0.2, -0.15) is 15.1 Å². The molecule has 3 heterocycles. The summed E-state index contributed by atoms with van der Waals surface area (Å²) in [5, 5.41) is 16.4. The van der Waals surface area contributed by atoms with Crippen molar-refractivity contribution in [2.45, 2.75) is 46.0 Å². The molecule has 0 unspecified atom stereocenters. The number of ether oxygens (including phenoxy) is 1. The Morgan fingerprint density at radius 1 is 1.18 bits per heavy atom. The first-order valence-electron chi connectivity index (χ1n) is 11.3. The van der Waals surface area contributed by atoms with Gasteiger partial charge in [-0.05, 0) is 68.3 Å². The molecule has 2 aromatic rings. The smallest absolute Gasteiger partial charge is 0.283 e. The van der Waals surface area contributed by atoms with Crippen LogP contribution in [-0.2, 0) is 4.79 Å². The van der Waals surface area contributed by atoms with Crippen molar-refractivity contribution >= 4 is 39.8 Å². The summed E-state index contributed by atoms with van der Waals surface area (Å²) in [6.07, 6.45) is 7.68. The molecule has 0 bridgehead atoms. The molecular formula is C25H27N5O2S. The number of methoxy groups -OCH3 is 1. The second-order valence-electron chi connectivity index (χ2n) is 8.63. The Morgan fingerprint density at radius 2 is 1.94 bits per heavy atom. The van der Waals surface area contributed by atoms with Crippen LogP contribution in [0.3, 0.4) is 0 Å². The van der Waals surface area contributed by atoms with Crippen LogP contribution in [0.25, 0.3) is 11.8 Å². The quantitative estimate of drug-likeness (QED) is 0.626. The number of aryl methyl sites for hydroxylation is 1. The lowest BCUT2D eigenvalue weighted by Crippen LogP contribution is -2.35. The van der Waals surface area contributed by atoms with E-state index in [0.717, 1.165) is 46.3 Å². The van der Waals surface area contributed by atoms with Crippen LogP contribution < -0.4 is 4.74 Å². The van der Waals surface area contributed by atoms with Crippen LogP contribution in [0.5, 0.6) is 5.75 Å². The number of thioether (sulfide) groups is 1. The van der Waals surface area contributed by atoms with Gasteiger partial charge in [0.1, 0.15) is 10.8 Å². The third-order valence-corrected chi connectivity index (χ3v) is 7.59. The lowest BCUT2D eigenvalue weighted by atomic mass is 9.90.